The average molecular weight is 438 g/mol. The summed E-state index contributed by atoms with van der Waals surface area (Å²) in [5, 5.41) is 0. The van der Waals surface area contributed by atoms with Gasteiger partial charge in [-0.2, -0.15) is 0 Å². The molecule has 0 bridgehead atoms. The van der Waals surface area contributed by atoms with Gasteiger partial charge in [0, 0.05) is 67.3 Å². The minimum atomic E-state index is -0.0553. The Morgan fingerprint density at radius 2 is 1.73 bits per heavy atom. The lowest BCUT2D eigenvalue weighted by Crippen LogP contribution is -2.39. The molecule has 0 spiro atoms. The molecule has 1 fully saturated rings. The van der Waals surface area contributed by atoms with Crippen LogP contribution in [0.3, 0.4) is 0 Å². The normalized spacial score (nSPS) is 15.8. The molecule has 8 nitrogen and oxygen atoms in total. The van der Waals surface area contributed by atoms with Crippen LogP contribution in [0.1, 0.15) is 34.8 Å². The Bertz CT molecular complexity index is 1240. The van der Waals surface area contributed by atoms with Crippen LogP contribution in [-0.2, 0) is 0 Å². The Labute approximate surface area is 191 Å². The number of piperidine rings is 1. The van der Waals surface area contributed by atoms with Crippen molar-refractivity contribution < 1.29 is 9.53 Å². The highest BCUT2D eigenvalue weighted by Crippen LogP contribution is 2.33. The fourth-order valence-corrected chi connectivity index (χ4v) is 4.03. The molecule has 4 aromatic rings. The molecular weight excluding hydrogens is 416 g/mol. The van der Waals surface area contributed by atoms with Crippen molar-refractivity contribution in [1.29, 1.82) is 0 Å². The molecule has 8 heteroatoms. The molecule has 1 atom stereocenters. The van der Waals surface area contributed by atoms with E-state index < -0.39 is 0 Å². The van der Waals surface area contributed by atoms with Crippen molar-refractivity contribution >= 4 is 5.91 Å². The van der Waals surface area contributed by atoms with E-state index >= 15 is 0 Å². The largest absolute Gasteiger partial charge is 0.437 e. The number of pyridine rings is 1. The highest BCUT2D eigenvalue weighted by Gasteiger charge is 2.29. The average Bonchev–Trinajstić information content (AvgIpc) is 2.90. The van der Waals surface area contributed by atoms with E-state index in [2.05, 4.69) is 24.9 Å². The molecule has 5 rings (SSSR count). The first-order valence-electron chi connectivity index (χ1n) is 10.8. The summed E-state index contributed by atoms with van der Waals surface area (Å²) in [6.07, 6.45) is 13.3. The molecule has 1 saturated heterocycles. The van der Waals surface area contributed by atoms with Crippen LogP contribution in [0.25, 0.3) is 11.1 Å². The fourth-order valence-electron chi connectivity index (χ4n) is 4.03. The van der Waals surface area contributed by atoms with Gasteiger partial charge < -0.3 is 9.64 Å². The molecule has 1 unspecified atom stereocenters. The lowest BCUT2D eigenvalue weighted by Gasteiger charge is -2.32. The Balaban J connectivity index is 1.35. The van der Waals surface area contributed by atoms with Gasteiger partial charge in [-0.1, -0.05) is 18.2 Å². The second kappa shape index (κ2) is 9.52. The SMILES string of the molecule is O=C(c1cncc(-c2cncnc2)c1)N1CCCC(c2nccnc2Oc2ccccc2)C1. The van der Waals surface area contributed by atoms with Crippen LogP contribution in [0.15, 0.2) is 79.9 Å². The first-order chi connectivity index (χ1) is 16.3. The monoisotopic (exact) mass is 438 g/mol. The van der Waals surface area contributed by atoms with E-state index in [0.717, 1.165) is 29.7 Å². The van der Waals surface area contributed by atoms with E-state index in [1.54, 1.807) is 37.2 Å². The molecule has 0 saturated carbocycles. The van der Waals surface area contributed by atoms with Crippen LogP contribution < -0.4 is 4.74 Å². The van der Waals surface area contributed by atoms with Crippen molar-refractivity contribution in [3.05, 3.63) is 91.2 Å². The number of carbonyl (C=O) groups excluding carboxylic acids is 1. The van der Waals surface area contributed by atoms with Gasteiger partial charge in [0.05, 0.1) is 5.56 Å². The van der Waals surface area contributed by atoms with E-state index in [-0.39, 0.29) is 11.8 Å². The summed E-state index contributed by atoms with van der Waals surface area (Å²) in [4.78, 5) is 36.5. The number of hydrogen-bond acceptors (Lipinski definition) is 7. The second-order valence-corrected chi connectivity index (χ2v) is 7.84. The van der Waals surface area contributed by atoms with Crippen LogP contribution in [0.2, 0.25) is 0 Å². The molecule has 1 aromatic carbocycles. The molecule has 0 radical (unpaired) electrons. The topological polar surface area (TPSA) is 94.0 Å². The summed E-state index contributed by atoms with van der Waals surface area (Å²) in [6, 6.07) is 11.4. The summed E-state index contributed by atoms with van der Waals surface area (Å²) >= 11 is 0. The van der Waals surface area contributed by atoms with Crippen molar-refractivity contribution in [2.45, 2.75) is 18.8 Å². The second-order valence-electron chi connectivity index (χ2n) is 7.84. The van der Waals surface area contributed by atoms with Gasteiger partial charge in [0.1, 0.15) is 17.8 Å². The van der Waals surface area contributed by atoms with Crippen molar-refractivity contribution in [3.8, 4) is 22.8 Å². The van der Waals surface area contributed by atoms with Crippen LogP contribution in [0.4, 0.5) is 0 Å². The number of amides is 1. The maximum absolute atomic E-state index is 13.3. The molecular formula is C25H22N6O2. The highest BCUT2D eigenvalue weighted by molar-refractivity contribution is 5.95. The van der Waals surface area contributed by atoms with Gasteiger partial charge in [-0.3, -0.25) is 14.8 Å². The van der Waals surface area contributed by atoms with Crippen LogP contribution in [0.5, 0.6) is 11.6 Å². The minimum Gasteiger partial charge on any atom is -0.437 e. The predicted molar refractivity (Wildman–Crippen MR) is 122 cm³/mol. The predicted octanol–water partition coefficient (Wildman–Crippen LogP) is 4.14. The number of carbonyl (C=O) groups is 1. The summed E-state index contributed by atoms with van der Waals surface area (Å²) < 4.78 is 6.01. The zero-order valence-electron chi connectivity index (χ0n) is 17.9. The fraction of sp³-hybridized carbons (Fsp3) is 0.200. The molecule has 1 aliphatic heterocycles. The van der Waals surface area contributed by atoms with Crippen LogP contribution >= 0.6 is 0 Å². The number of ether oxygens (including phenoxy) is 1. The lowest BCUT2D eigenvalue weighted by atomic mass is 9.94. The van der Waals surface area contributed by atoms with Crippen molar-refractivity contribution in [2.75, 3.05) is 13.1 Å². The molecule has 1 aliphatic rings. The zero-order valence-corrected chi connectivity index (χ0v) is 17.9. The van der Waals surface area contributed by atoms with E-state index in [9.17, 15) is 4.79 Å². The molecule has 3 aromatic heterocycles. The lowest BCUT2D eigenvalue weighted by molar-refractivity contribution is 0.0704. The first-order valence-corrected chi connectivity index (χ1v) is 10.8. The maximum atomic E-state index is 13.3. The number of para-hydroxylation sites is 1. The molecule has 1 amide bonds. The van der Waals surface area contributed by atoms with Gasteiger partial charge in [0.2, 0.25) is 5.88 Å². The van der Waals surface area contributed by atoms with E-state index in [0.29, 0.717) is 30.3 Å². The van der Waals surface area contributed by atoms with Crippen LogP contribution in [0, 0.1) is 0 Å². The number of nitrogens with zero attached hydrogens (tertiary/aromatic N) is 6. The third-order valence-electron chi connectivity index (χ3n) is 5.62. The minimum absolute atomic E-state index is 0.0359. The Hall–Kier alpha value is -4.20. The third-order valence-corrected chi connectivity index (χ3v) is 5.62. The standard InChI is InChI=1S/C25H22N6O2/c32-25(20-11-19(12-26-13-20)21-14-27-17-28-15-21)31-10-4-5-18(16-31)23-24(30-9-8-29-23)33-22-6-2-1-3-7-22/h1-3,6-9,11-15,17-18H,4-5,10,16H2. The molecule has 0 aliphatic carbocycles. The summed E-state index contributed by atoms with van der Waals surface area (Å²) in [7, 11) is 0. The van der Waals surface area contributed by atoms with Gasteiger partial charge in [-0.05, 0) is 31.0 Å². The summed E-state index contributed by atoms with van der Waals surface area (Å²) in [5.74, 6) is 1.17. The molecule has 33 heavy (non-hydrogen) atoms. The highest BCUT2D eigenvalue weighted by atomic mass is 16.5. The molecule has 164 valence electrons. The van der Waals surface area contributed by atoms with Crippen molar-refractivity contribution in [2.24, 2.45) is 0 Å². The Morgan fingerprint density at radius 1 is 0.939 bits per heavy atom. The maximum Gasteiger partial charge on any atom is 0.255 e. The van der Waals surface area contributed by atoms with E-state index in [1.807, 2.05) is 41.3 Å². The Morgan fingerprint density at radius 3 is 2.58 bits per heavy atom. The van der Waals surface area contributed by atoms with Crippen molar-refractivity contribution in [3.63, 3.8) is 0 Å². The molecule has 4 heterocycles. The van der Waals surface area contributed by atoms with Gasteiger partial charge in [-0.15, -0.1) is 0 Å². The van der Waals surface area contributed by atoms with Gasteiger partial charge in [-0.25, -0.2) is 15.0 Å². The Kier molecular flexibility index (Phi) is 5.97. The van der Waals surface area contributed by atoms with Gasteiger partial charge >= 0.3 is 0 Å². The summed E-state index contributed by atoms with van der Waals surface area (Å²) in [6.45, 7) is 1.23. The van der Waals surface area contributed by atoms with E-state index in [4.69, 9.17) is 4.74 Å². The third kappa shape index (κ3) is 4.69. The number of benzene rings is 1. The number of rotatable bonds is 5. The number of aromatic nitrogens is 5. The van der Waals surface area contributed by atoms with E-state index in [1.165, 1.54) is 6.33 Å². The molecule has 0 N–H and O–H groups in total. The number of hydrogen-bond donors (Lipinski definition) is 0. The van der Waals surface area contributed by atoms with Gasteiger partial charge in [0.25, 0.3) is 5.91 Å². The summed E-state index contributed by atoms with van der Waals surface area (Å²) in [5.41, 5.74) is 2.94. The van der Waals surface area contributed by atoms with Crippen molar-refractivity contribution in [1.82, 2.24) is 29.8 Å². The number of likely N-dealkylation sites (tertiary alicyclic amines) is 1. The quantitative estimate of drug-likeness (QED) is 0.462. The first kappa shape index (κ1) is 20.7. The van der Waals surface area contributed by atoms with Gasteiger partial charge in [0.15, 0.2) is 0 Å². The smallest absolute Gasteiger partial charge is 0.255 e. The van der Waals surface area contributed by atoms with Crippen LogP contribution in [-0.4, -0.2) is 48.8 Å². The zero-order chi connectivity index (χ0) is 22.5.